The largest absolute Gasteiger partial charge is 0.142 e. The van der Waals surface area contributed by atoms with E-state index in [-0.39, 0.29) is 0 Å². The predicted molar refractivity (Wildman–Crippen MR) is 54.9 cm³/mol. The van der Waals surface area contributed by atoms with Gasteiger partial charge in [0, 0.05) is 10.8 Å². The van der Waals surface area contributed by atoms with Crippen molar-refractivity contribution in [2.75, 3.05) is 0 Å². The van der Waals surface area contributed by atoms with Crippen LogP contribution in [-0.2, 0) is 0 Å². The molecule has 0 atom stereocenters. The van der Waals surface area contributed by atoms with Crippen LogP contribution < -0.4 is 0 Å². The lowest BCUT2D eigenvalue weighted by atomic mass is 10.2. The second kappa shape index (κ2) is 3.11. The molecule has 0 amide bonds. The van der Waals surface area contributed by atoms with Gasteiger partial charge in [-0.1, -0.05) is 24.3 Å². The number of hydrogen-bond acceptors (Lipinski definition) is 2. The van der Waals surface area contributed by atoms with Crippen LogP contribution in [0.15, 0.2) is 33.5 Å². The number of rotatable bonds is 0. The van der Waals surface area contributed by atoms with Crippen LogP contribution in [0.3, 0.4) is 0 Å². The Morgan fingerprint density at radius 1 is 0.833 bits per heavy atom. The number of benzene rings is 1. The summed E-state index contributed by atoms with van der Waals surface area (Å²) in [7, 11) is 0. The number of halogens is 2. The average molecular weight is 288 g/mol. The summed E-state index contributed by atoms with van der Waals surface area (Å²) in [5.74, 6) is 0. The lowest BCUT2D eigenvalue weighted by Crippen LogP contribution is -1.86. The molecule has 0 bridgehead atoms. The number of fused-ring (bicyclic) bond motifs is 1. The van der Waals surface area contributed by atoms with Crippen molar-refractivity contribution in [1.82, 2.24) is 10.2 Å². The van der Waals surface area contributed by atoms with Crippen LogP contribution >= 0.6 is 31.9 Å². The Balaban J connectivity index is 2.95. The van der Waals surface area contributed by atoms with Crippen molar-refractivity contribution in [1.29, 1.82) is 0 Å². The summed E-state index contributed by atoms with van der Waals surface area (Å²) < 4.78 is 1.56. The molecule has 0 unspecified atom stereocenters. The maximum absolute atomic E-state index is 3.93. The molecule has 0 aliphatic rings. The Bertz CT molecular complexity index is 388. The quantitative estimate of drug-likeness (QED) is 0.744. The van der Waals surface area contributed by atoms with Crippen molar-refractivity contribution in [2.45, 2.75) is 0 Å². The Morgan fingerprint density at radius 2 is 1.25 bits per heavy atom. The zero-order chi connectivity index (χ0) is 8.55. The SMILES string of the molecule is Brc1nnc(Br)c2ccccc12. The summed E-state index contributed by atoms with van der Waals surface area (Å²) in [6.45, 7) is 0. The summed E-state index contributed by atoms with van der Waals surface area (Å²) in [6.07, 6.45) is 0. The van der Waals surface area contributed by atoms with Crippen molar-refractivity contribution in [2.24, 2.45) is 0 Å². The molecule has 0 saturated carbocycles. The first-order valence-corrected chi connectivity index (χ1v) is 4.94. The van der Waals surface area contributed by atoms with Gasteiger partial charge in [-0.2, -0.15) is 0 Å². The molecule has 0 N–H and O–H groups in total. The van der Waals surface area contributed by atoms with E-state index in [4.69, 9.17) is 0 Å². The molecule has 1 aromatic carbocycles. The van der Waals surface area contributed by atoms with E-state index in [9.17, 15) is 0 Å². The standard InChI is InChI=1S/C8H4Br2N2/c9-7-5-3-1-2-4-6(5)8(10)12-11-7/h1-4H. The van der Waals surface area contributed by atoms with Gasteiger partial charge in [0.05, 0.1) is 0 Å². The first-order valence-electron chi connectivity index (χ1n) is 3.35. The maximum Gasteiger partial charge on any atom is 0.136 e. The molecule has 2 rings (SSSR count). The van der Waals surface area contributed by atoms with Gasteiger partial charge >= 0.3 is 0 Å². The molecule has 0 fully saturated rings. The highest BCUT2D eigenvalue weighted by Gasteiger charge is 2.02. The van der Waals surface area contributed by atoms with E-state index in [2.05, 4.69) is 42.1 Å². The fourth-order valence-corrected chi connectivity index (χ4v) is 1.89. The van der Waals surface area contributed by atoms with Crippen LogP contribution in [-0.4, -0.2) is 10.2 Å². The molecular formula is C8H4Br2N2. The van der Waals surface area contributed by atoms with Gasteiger partial charge in [-0.25, -0.2) is 0 Å². The van der Waals surface area contributed by atoms with E-state index in [0.29, 0.717) is 0 Å². The van der Waals surface area contributed by atoms with Crippen molar-refractivity contribution in [3.05, 3.63) is 33.5 Å². The van der Waals surface area contributed by atoms with Crippen molar-refractivity contribution in [3.8, 4) is 0 Å². The highest BCUT2D eigenvalue weighted by molar-refractivity contribution is 9.11. The van der Waals surface area contributed by atoms with E-state index < -0.39 is 0 Å². The summed E-state index contributed by atoms with van der Waals surface area (Å²) in [5, 5.41) is 9.99. The van der Waals surface area contributed by atoms with Gasteiger partial charge in [-0.05, 0) is 31.9 Å². The van der Waals surface area contributed by atoms with Crippen LogP contribution in [0.5, 0.6) is 0 Å². The molecule has 4 heteroatoms. The Morgan fingerprint density at radius 3 is 1.67 bits per heavy atom. The molecule has 0 saturated heterocycles. The third-order valence-electron chi connectivity index (χ3n) is 1.60. The number of hydrogen-bond donors (Lipinski definition) is 0. The molecule has 1 aromatic heterocycles. The van der Waals surface area contributed by atoms with E-state index in [1.54, 1.807) is 0 Å². The van der Waals surface area contributed by atoms with Crippen molar-refractivity contribution in [3.63, 3.8) is 0 Å². The highest BCUT2D eigenvalue weighted by atomic mass is 79.9. The van der Waals surface area contributed by atoms with E-state index in [1.165, 1.54) is 0 Å². The lowest BCUT2D eigenvalue weighted by Gasteiger charge is -1.99. The molecule has 2 aromatic rings. The fraction of sp³-hybridized carbons (Fsp3) is 0. The van der Waals surface area contributed by atoms with Gasteiger partial charge in [0.25, 0.3) is 0 Å². The minimum Gasteiger partial charge on any atom is -0.142 e. The van der Waals surface area contributed by atoms with Crippen LogP contribution in [0, 0.1) is 0 Å². The van der Waals surface area contributed by atoms with Crippen molar-refractivity contribution < 1.29 is 0 Å². The van der Waals surface area contributed by atoms with E-state index in [1.807, 2.05) is 24.3 Å². The zero-order valence-electron chi connectivity index (χ0n) is 5.96. The molecule has 0 spiro atoms. The predicted octanol–water partition coefficient (Wildman–Crippen LogP) is 3.15. The minimum atomic E-state index is 0.779. The first kappa shape index (κ1) is 8.13. The molecule has 1 heterocycles. The molecule has 0 aliphatic heterocycles. The Kier molecular flexibility index (Phi) is 2.11. The molecule has 60 valence electrons. The second-order valence-electron chi connectivity index (χ2n) is 2.33. The Hall–Kier alpha value is -0.480. The number of nitrogens with zero attached hydrogens (tertiary/aromatic N) is 2. The van der Waals surface area contributed by atoms with Gasteiger partial charge in [0.1, 0.15) is 9.21 Å². The molecule has 0 radical (unpaired) electrons. The van der Waals surface area contributed by atoms with E-state index in [0.717, 1.165) is 20.0 Å². The second-order valence-corrected chi connectivity index (χ2v) is 3.83. The van der Waals surface area contributed by atoms with Crippen LogP contribution in [0.1, 0.15) is 0 Å². The zero-order valence-corrected chi connectivity index (χ0v) is 9.13. The van der Waals surface area contributed by atoms with Gasteiger partial charge in [-0.3, -0.25) is 0 Å². The summed E-state index contributed by atoms with van der Waals surface area (Å²) >= 11 is 6.67. The summed E-state index contributed by atoms with van der Waals surface area (Å²) in [5.41, 5.74) is 0. The third kappa shape index (κ3) is 1.25. The van der Waals surface area contributed by atoms with Gasteiger partial charge in [0.15, 0.2) is 0 Å². The maximum atomic E-state index is 3.93. The monoisotopic (exact) mass is 286 g/mol. The van der Waals surface area contributed by atoms with Gasteiger partial charge < -0.3 is 0 Å². The van der Waals surface area contributed by atoms with Crippen molar-refractivity contribution >= 4 is 42.6 Å². The first-order chi connectivity index (χ1) is 5.79. The smallest absolute Gasteiger partial charge is 0.136 e. The van der Waals surface area contributed by atoms with Gasteiger partial charge in [-0.15, -0.1) is 10.2 Å². The van der Waals surface area contributed by atoms with Crippen LogP contribution in [0.4, 0.5) is 0 Å². The molecule has 0 aliphatic carbocycles. The number of aromatic nitrogens is 2. The summed E-state index contributed by atoms with van der Waals surface area (Å²) in [6, 6.07) is 7.94. The van der Waals surface area contributed by atoms with E-state index >= 15 is 0 Å². The minimum absolute atomic E-state index is 0.779. The van der Waals surface area contributed by atoms with Crippen LogP contribution in [0.2, 0.25) is 0 Å². The van der Waals surface area contributed by atoms with Gasteiger partial charge in [0.2, 0.25) is 0 Å². The lowest BCUT2D eigenvalue weighted by molar-refractivity contribution is 1.00. The summed E-state index contributed by atoms with van der Waals surface area (Å²) in [4.78, 5) is 0. The normalized spacial score (nSPS) is 10.5. The Labute approximate surface area is 86.3 Å². The molecular weight excluding hydrogens is 284 g/mol. The fourth-order valence-electron chi connectivity index (χ4n) is 1.04. The molecule has 2 nitrogen and oxygen atoms in total. The topological polar surface area (TPSA) is 25.8 Å². The molecule has 12 heavy (non-hydrogen) atoms. The highest BCUT2D eigenvalue weighted by Crippen LogP contribution is 2.25. The third-order valence-corrected chi connectivity index (χ3v) is 2.77. The average Bonchev–Trinajstić information content (AvgIpc) is 2.12. The van der Waals surface area contributed by atoms with Crippen LogP contribution in [0.25, 0.3) is 10.8 Å².